The summed E-state index contributed by atoms with van der Waals surface area (Å²) >= 11 is 0. The number of alkyl halides is 5. The molecule has 0 N–H and O–H groups in total. The fourth-order valence-electron chi connectivity index (χ4n) is 2.70. The Balaban J connectivity index is 1.74. The zero-order chi connectivity index (χ0) is 16.0. The standard InChI is InChI=1S/C15H13F5O2/c16-14(17,18)15(19,20)22-11-3-1-9(2-4-11)10-7-12-5-6-13(8-10)21-12/h1-4,7,12-13H,5-6,8H2. The molecule has 0 aromatic heterocycles. The lowest BCUT2D eigenvalue weighted by atomic mass is 9.98. The number of halogens is 5. The summed E-state index contributed by atoms with van der Waals surface area (Å²) in [5.74, 6) is -0.526. The smallest absolute Gasteiger partial charge is 0.426 e. The van der Waals surface area contributed by atoms with Crippen LogP contribution in [0.15, 0.2) is 30.3 Å². The number of rotatable bonds is 3. The Morgan fingerprint density at radius 1 is 1.00 bits per heavy atom. The third-order valence-corrected chi connectivity index (χ3v) is 3.78. The molecule has 0 amide bonds. The first-order valence-electron chi connectivity index (χ1n) is 6.85. The van der Waals surface area contributed by atoms with E-state index in [0.29, 0.717) is 0 Å². The van der Waals surface area contributed by atoms with E-state index < -0.39 is 18.0 Å². The van der Waals surface area contributed by atoms with Gasteiger partial charge in [0.2, 0.25) is 0 Å². The van der Waals surface area contributed by atoms with Gasteiger partial charge in [-0.25, -0.2) is 0 Å². The van der Waals surface area contributed by atoms with Crippen molar-refractivity contribution in [3.8, 4) is 5.75 Å². The summed E-state index contributed by atoms with van der Waals surface area (Å²) in [6.45, 7) is 0. The quantitative estimate of drug-likeness (QED) is 0.760. The molecule has 2 bridgehead atoms. The van der Waals surface area contributed by atoms with Gasteiger partial charge >= 0.3 is 12.3 Å². The van der Waals surface area contributed by atoms with E-state index >= 15 is 0 Å². The SMILES string of the molecule is FC(F)(F)C(F)(F)Oc1ccc(C2=CC3CCC(C2)O3)cc1. The lowest BCUT2D eigenvalue weighted by Gasteiger charge is -2.22. The van der Waals surface area contributed by atoms with Gasteiger partial charge in [-0.15, -0.1) is 0 Å². The molecule has 2 atom stereocenters. The summed E-state index contributed by atoms with van der Waals surface area (Å²) in [6.07, 6.45) is -6.09. The second-order valence-corrected chi connectivity index (χ2v) is 5.41. The fraction of sp³-hybridized carbons (Fsp3) is 0.467. The highest BCUT2D eigenvalue weighted by Gasteiger charge is 2.61. The molecule has 7 heteroatoms. The Bertz CT molecular complexity index is 577. The summed E-state index contributed by atoms with van der Waals surface area (Å²) in [5, 5.41) is 0. The molecule has 3 rings (SSSR count). The first kappa shape index (κ1) is 15.3. The molecule has 1 fully saturated rings. The molecule has 120 valence electrons. The maximum atomic E-state index is 12.8. The molecule has 2 aliphatic heterocycles. The van der Waals surface area contributed by atoms with Crippen LogP contribution in [0, 0.1) is 0 Å². The van der Waals surface area contributed by atoms with Gasteiger partial charge in [-0.2, -0.15) is 22.0 Å². The molecule has 0 radical (unpaired) electrons. The van der Waals surface area contributed by atoms with E-state index in [9.17, 15) is 22.0 Å². The Hall–Kier alpha value is -1.63. The monoisotopic (exact) mass is 320 g/mol. The summed E-state index contributed by atoms with van der Waals surface area (Å²) in [5.41, 5.74) is 1.80. The summed E-state index contributed by atoms with van der Waals surface area (Å²) < 4.78 is 71.3. The van der Waals surface area contributed by atoms with Crippen LogP contribution >= 0.6 is 0 Å². The Labute approximate surface area is 123 Å². The van der Waals surface area contributed by atoms with Crippen LogP contribution in [0.3, 0.4) is 0 Å². The molecule has 1 aromatic carbocycles. The highest BCUT2D eigenvalue weighted by molar-refractivity contribution is 5.68. The van der Waals surface area contributed by atoms with Crippen LogP contribution in [0.25, 0.3) is 5.57 Å². The molecule has 0 saturated carbocycles. The third kappa shape index (κ3) is 2.95. The number of benzene rings is 1. The molecular formula is C15H13F5O2. The fourth-order valence-corrected chi connectivity index (χ4v) is 2.70. The molecular weight excluding hydrogens is 307 g/mol. The topological polar surface area (TPSA) is 18.5 Å². The number of fused-ring (bicyclic) bond motifs is 2. The van der Waals surface area contributed by atoms with Gasteiger partial charge in [0.05, 0.1) is 12.2 Å². The van der Waals surface area contributed by atoms with Crippen LogP contribution in [0.5, 0.6) is 5.75 Å². The normalized spacial score (nSPS) is 25.0. The summed E-state index contributed by atoms with van der Waals surface area (Å²) in [7, 11) is 0. The van der Waals surface area contributed by atoms with Gasteiger partial charge in [-0.3, -0.25) is 0 Å². The average Bonchev–Trinajstić information content (AvgIpc) is 2.76. The van der Waals surface area contributed by atoms with Crippen molar-refractivity contribution >= 4 is 5.57 Å². The number of hydrogen-bond acceptors (Lipinski definition) is 2. The molecule has 2 nitrogen and oxygen atoms in total. The van der Waals surface area contributed by atoms with Crippen molar-refractivity contribution in [3.63, 3.8) is 0 Å². The first-order valence-corrected chi connectivity index (χ1v) is 6.85. The van der Waals surface area contributed by atoms with Crippen LogP contribution in [-0.2, 0) is 4.74 Å². The van der Waals surface area contributed by atoms with Gasteiger partial charge in [0, 0.05) is 0 Å². The number of ether oxygens (including phenoxy) is 2. The largest absolute Gasteiger partial charge is 0.499 e. The Morgan fingerprint density at radius 2 is 1.68 bits per heavy atom. The van der Waals surface area contributed by atoms with Crippen LogP contribution < -0.4 is 4.74 Å². The second-order valence-electron chi connectivity index (χ2n) is 5.41. The van der Waals surface area contributed by atoms with Gasteiger partial charge in [0.15, 0.2) is 0 Å². The summed E-state index contributed by atoms with van der Waals surface area (Å²) in [6, 6.07) is 5.21. The number of hydrogen-bond donors (Lipinski definition) is 0. The van der Waals surface area contributed by atoms with Crippen LogP contribution in [-0.4, -0.2) is 24.5 Å². The van der Waals surface area contributed by atoms with Crippen molar-refractivity contribution in [2.24, 2.45) is 0 Å². The van der Waals surface area contributed by atoms with Gasteiger partial charge < -0.3 is 9.47 Å². The molecule has 2 aliphatic rings. The van der Waals surface area contributed by atoms with E-state index in [1.165, 1.54) is 12.1 Å². The van der Waals surface area contributed by atoms with E-state index in [4.69, 9.17) is 4.74 Å². The Morgan fingerprint density at radius 3 is 2.27 bits per heavy atom. The van der Waals surface area contributed by atoms with Crippen molar-refractivity contribution in [3.05, 3.63) is 35.9 Å². The molecule has 0 aliphatic carbocycles. The van der Waals surface area contributed by atoms with E-state index in [2.05, 4.69) is 4.74 Å². The minimum absolute atomic E-state index is 0.0687. The lowest BCUT2D eigenvalue weighted by molar-refractivity contribution is -0.360. The second kappa shape index (κ2) is 5.22. The van der Waals surface area contributed by atoms with Crippen LogP contribution in [0.4, 0.5) is 22.0 Å². The van der Waals surface area contributed by atoms with Gasteiger partial charge in [0.1, 0.15) is 5.75 Å². The highest BCUT2D eigenvalue weighted by Crippen LogP contribution is 2.39. The molecule has 2 unspecified atom stereocenters. The average molecular weight is 320 g/mol. The molecule has 1 saturated heterocycles. The summed E-state index contributed by atoms with van der Waals surface area (Å²) in [4.78, 5) is 0. The molecule has 0 spiro atoms. The van der Waals surface area contributed by atoms with Crippen molar-refractivity contribution in [2.75, 3.05) is 0 Å². The Kier molecular flexibility index (Phi) is 3.63. The lowest BCUT2D eigenvalue weighted by Crippen LogP contribution is -2.41. The van der Waals surface area contributed by atoms with Crippen molar-refractivity contribution in [1.29, 1.82) is 0 Å². The van der Waals surface area contributed by atoms with Crippen LogP contribution in [0.2, 0.25) is 0 Å². The highest BCUT2D eigenvalue weighted by atomic mass is 19.4. The van der Waals surface area contributed by atoms with Gasteiger partial charge in [-0.1, -0.05) is 18.2 Å². The molecule has 1 aromatic rings. The molecule has 2 heterocycles. The van der Waals surface area contributed by atoms with E-state index in [1.54, 1.807) is 0 Å². The van der Waals surface area contributed by atoms with E-state index in [0.717, 1.165) is 42.5 Å². The maximum absolute atomic E-state index is 12.8. The predicted octanol–water partition coefficient (Wildman–Crippen LogP) is 4.56. The zero-order valence-corrected chi connectivity index (χ0v) is 11.4. The van der Waals surface area contributed by atoms with Crippen LogP contribution in [0.1, 0.15) is 24.8 Å². The zero-order valence-electron chi connectivity index (χ0n) is 11.4. The van der Waals surface area contributed by atoms with Crippen molar-refractivity contribution < 1.29 is 31.4 Å². The van der Waals surface area contributed by atoms with Gasteiger partial charge in [-0.05, 0) is 42.5 Å². The maximum Gasteiger partial charge on any atom is 0.499 e. The van der Waals surface area contributed by atoms with E-state index in [1.807, 2.05) is 6.08 Å². The van der Waals surface area contributed by atoms with Crippen molar-refractivity contribution in [2.45, 2.75) is 43.8 Å². The van der Waals surface area contributed by atoms with Crippen molar-refractivity contribution in [1.82, 2.24) is 0 Å². The molecule has 22 heavy (non-hydrogen) atoms. The van der Waals surface area contributed by atoms with E-state index in [-0.39, 0.29) is 12.2 Å². The minimum atomic E-state index is -5.74. The first-order chi connectivity index (χ1) is 10.2. The third-order valence-electron chi connectivity index (χ3n) is 3.78. The van der Waals surface area contributed by atoms with Gasteiger partial charge in [0.25, 0.3) is 0 Å². The predicted molar refractivity (Wildman–Crippen MR) is 68.6 cm³/mol. The minimum Gasteiger partial charge on any atom is -0.426 e.